The summed E-state index contributed by atoms with van der Waals surface area (Å²) in [6.45, 7) is 2.40. The predicted octanol–water partition coefficient (Wildman–Crippen LogP) is 1.20. The van der Waals surface area contributed by atoms with Gasteiger partial charge in [0.1, 0.15) is 0 Å². The average molecular weight is 247 g/mol. The Hall–Kier alpha value is -1.39. The number of rotatable bonds is 4. The fraction of sp³-hybridized carbons (Fsp3) is 0.500. The summed E-state index contributed by atoms with van der Waals surface area (Å²) in [6, 6.07) is 7.85. The molecule has 98 valence electrons. The number of amides is 1. The van der Waals surface area contributed by atoms with E-state index in [0.717, 1.165) is 24.2 Å². The van der Waals surface area contributed by atoms with Gasteiger partial charge < -0.3 is 5.73 Å². The van der Waals surface area contributed by atoms with Crippen LogP contribution in [0.15, 0.2) is 24.3 Å². The maximum absolute atomic E-state index is 12.0. The summed E-state index contributed by atoms with van der Waals surface area (Å²) in [5.41, 5.74) is 10.7. The number of nitrogens with one attached hydrogen (secondary N) is 1. The number of carbonyl (C=O) groups is 1. The van der Waals surface area contributed by atoms with Crippen molar-refractivity contribution in [2.24, 2.45) is 5.73 Å². The smallest absolute Gasteiger partial charge is 0.238 e. The van der Waals surface area contributed by atoms with Gasteiger partial charge in [-0.15, -0.1) is 0 Å². The molecule has 1 saturated heterocycles. The van der Waals surface area contributed by atoms with Crippen molar-refractivity contribution in [3.8, 4) is 0 Å². The van der Waals surface area contributed by atoms with E-state index in [9.17, 15) is 4.79 Å². The Balaban J connectivity index is 1.90. The standard InChI is InChI=1S/C14H21N3O/c15-11-13-7-3-2-6-12(13)10-14(18)16-17-8-4-1-5-9-17/h2-3,6-7H,1,4-5,8-11,15H2,(H,16,18). The molecule has 0 radical (unpaired) electrons. The molecule has 1 aliphatic heterocycles. The average Bonchev–Trinajstić information content (AvgIpc) is 2.40. The number of hydrogen-bond acceptors (Lipinski definition) is 3. The van der Waals surface area contributed by atoms with E-state index < -0.39 is 0 Å². The van der Waals surface area contributed by atoms with Crippen molar-refractivity contribution in [1.82, 2.24) is 10.4 Å². The number of nitrogens with zero attached hydrogens (tertiary/aromatic N) is 1. The SMILES string of the molecule is NCc1ccccc1CC(=O)NN1CCCCC1. The maximum Gasteiger partial charge on any atom is 0.238 e. The molecule has 0 atom stereocenters. The highest BCUT2D eigenvalue weighted by Crippen LogP contribution is 2.10. The molecule has 0 aliphatic carbocycles. The summed E-state index contributed by atoms with van der Waals surface area (Å²) in [7, 11) is 0. The molecule has 0 unspecified atom stereocenters. The van der Waals surface area contributed by atoms with Crippen LogP contribution in [0.1, 0.15) is 30.4 Å². The van der Waals surface area contributed by atoms with Crippen LogP contribution in [0.2, 0.25) is 0 Å². The van der Waals surface area contributed by atoms with Gasteiger partial charge in [-0.05, 0) is 24.0 Å². The first kappa shape index (κ1) is 13.1. The second-order valence-corrected chi connectivity index (χ2v) is 4.73. The minimum absolute atomic E-state index is 0.0535. The fourth-order valence-electron chi connectivity index (χ4n) is 2.32. The number of nitrogens with two attached hydrogens (primary N) is 1. The zero-order chi connectivity index (χ0) is 12.8. The normalized spacial score (nSPS) is 16.5. The molecule has 18 heavy (non-hydrogen) atoms. The highest BCUT2D eigenvalue weighted by Gasteiger charge is 2.13. The molecule has 0 aromatic heterocycles. The minimum Gasteiger partial charge on any atom is -0.326 e. The van der Waals surface area contributed by atoms with Gasteiger partial charge in [0.2, 0.25) is 5.91 Å². The van der Waals surface area contributed by atoms with Crippen molar-refractivity contribution >= 4 is 5.91 Å². The summed E-state index contributed by atoms with van der Waals surface area (Å²) in [5, 5.41) is 2.02. The summed E-state index contributed by atoms with van der Waals surface area (Å²) in [4.78, 5) is 12.0. The Bertz CT molecular complexity index is 400. The molecule has 3 N–H and O–H groups in total. The van der Waals surface area contributed by atoms with Crippen LogP contribution >= 0.6 is 0 Å². The largest absolute Gasteiger partial charge is 0.326 e. The minimum atomic E-state index is 0.0535. The van der Waals surface area contributed by atoms with E-state index >= 15 is 0 Å². The molecule has 0 spiro atoms. The highest BCUT2D eigenvalue weighted by atomic mass is 16.2. The molecule has 2 rings (SSSR count). The fourth-order valence-corrected chi connectivity index (χ4v) is 2.32. The lowest BCUT2D eigenvalue weighted by atomic mass is 10.0. The van der Waals surface area contributed by atoms with Gasteiger partial charge >= 0.3 is 0 Å². The number of benzene rings is 1. The van der Waals surface area contributed by atoms with Crippen molar-refractivity contribution < 1.29 is 4.79 Å². The van der Waals surface area contributed by atoms with Crippen LogP contribution in [0.25, 0.3) is 0 Å². The van der Waals surface area contributed by atoms with Gasteiger partial charge in [-0.1, -0.05) is 30.7 Å². The van der Waals surface area contributed by atoms with Crippen molar-refractivity contribution in [3.63, 3.8) is 0 Å². The van der Waals surface area contributed by atoms with Crippen molar-refractivity contribution in [1.29, 1.82) is 0 Å². The van der Waals surface area contributed by atoms with Gasteiger partial charge in [-0.3, -0.25) is 10.2 Å². The van der Waals surface area contributed by atoms with Gasteiger partial charge in [0.25, 0.3) is 0 Å². The molecule has 4 heteroatoms. The van der Waals surface area contributed by atoms with Crippen molar-refractivity contribution in [2.45, 2.75) is 32.2 Å². The third-order valence-corrected chi connectivity index (χ3v) is 3.33. The second-order valence-electron chi connectivity index (χ2n) is 4.73. The van der Waals surface area contributed by atoms with Crippen LogP contribution in [-0.4, -0.2) is 24.0 Å². The lowest BCUT2D eigenvalue weighted by Gasteiger charge is -2.26. The van der Waals surface area contributed by atoms with Crippen LogP contribution < -0.4 is 11.2 Å². The van der Waals surface area contributed by atoms with Crippen LogP contribution in [0.4, 0.5) is 0 Å². The first-order valence-corrected chi connectivity index (χ1v) is 6.61. The number of piperidine rings is 1. The predicted molar refractivity (Wildman–Crippen MR) is 71.6 cm³/mol. The van der Waals surface area contributed by atoms with Gasteiger partial charge in [-0.25, -0.2) is 5.01 Å². The zero-order valence-electron chi connectivity index (χ0n) is 10.7. The third kappa shape index (κ3) is 3.55. The van der Waals surface area contributed by atoms with E-state index in [0.29, 0.717) is 13.0 Å². The molecule has 1 aromatic carbocycles. The van der Waals surface area contributed by atoms with Crippen molar-refractivity contribution in [2.75, 3.05) is 13.1 Å². The first-order chi connectivity index (χ1) is 8.79. The van der Waals surface area contributed by atoms with Crippen LogP contribution in [0.3, 0.4) is 0 Å². The summed E-state index contributed by atoms with van der Waals surface area (Å²) >= 11 is 0. The zero-order valence-corrected chi connectivity index (χ0v) is 10.7. The maximum atomic E-state index is 12.0. The van der Waals surface area contributed by atoms with E-state index in [1.807, 2.05) is 29.3 Å². The van der Waals surface area contributed by atoms with E-state index in [1.165, 1.54) is 19.3 Å². The third-order valence-electron chi connectivity index (χ3n) is 3.33. The van der Waals surface area contributed by atoms with E-state index in [4.69, 9.17) is 5.73 Å². The quantitative estimate of drug-likeness (QED) is 0.840. The molecular formula is C14H21N3O. The summed E-state index contributed by atoms with van der Waals surface area (Å²) in [5.74, 6) is 0.0535. The van der Waals surface area contributed by atoms with Gasteiger partial charge in [0.05, 0.1) is 6.42 Å². The van der Waals surface area contributed by atoms with Crippen LogP contribution in [0.5, 0.6) is 0 Å². The summed E-state index contributed by atoms with van der Waals surface area (Å²) in [6.07, 6.45) is 4.01. The molecule has 0 bridgehead atoms. The van der Waals surface area contributed by atoms with Gasteiger partial charge in [-0.2, -0.15) is 0 Å². The summed E-state index contributed by atoms with van der Waals surface area (Å²) < 4.78 is 0. The van der Waals surface area contributed by atoms with Crippen molar-refractivity contribution in [3.05, 3.63) is 35.4 Å². The Morgan fingerprint density at radius 3 is 2.50 bits per heavy atom. The van der Waals surface area contributed by atoms with E-state index in [2.05, 4.69) is 5.43 Å². The topological polar surface area (TPSA) is 58.4 Å². The lowest BCUT2D eigenvalue weighted by molar-refractivity contribution is -0.125. The van der Waals surface area contributed by atoms with Gasteiger partial charge in [0, 0.05) is 19.6 Å². The molecule has 1 amide bonds. The Kier molecular flexibility index (Phi) is 4.73. The molecule has 4 nitrogen and oxygen atoms in total. The molecule has 1 heterocycles. The molecule has 1 fully saturated rings. The Morgan fingerprint density at radius 1 is 1.17 bits per heavy atom. The molecule has 0 saturated carbocycles. The first-order valence-electron chi connectivity index (χ1n) is 6.61. The van der Waals surface area contributed by atoms with Crippen LogP contribution in [0, 0.1) is 0 Å². The second kappa shape index (κ2) is 6.52. The van der Waals surface area contributed by atoms with E-state index in [-0.39, 0.29) is 5.91 Å². The molecular weight excluding hydrogens is 226 g/mol. The lowest BCUT2D eigenvalue weighted by Crippen LogP contribution is -2.45. The monoisotopic (exact) mass is 247 g/mol. The number of hydrogen-bond donors (Lipinski definition) is 2. The van der Waals surface area contributed by atoms with Gasteiger partial charge in [0.15, 0.2) is 0 Å². The molecule has 1 aliphatic rings. The Labute approximate surface area is 108 Å². The highest BCUT2D eigenvalue weighted by molar-refractivity contribution is 5.78. The van der Waals surface area contributed by atoms with Crippen LogP contribution in [-0.2, 0) is 17.8 Å². The number of carbonyl (C=O) groups excluding carboxylic acids is 1. The molecule has 1 aromatic rings. The van der Waals surface area contributed by atoms with E-state index in [1.54, 1.807) is 0 Å². The number of hydrazine groups is 1. The Morgan fingerprint density at radius 2 is 1.83 bits per heavy atom.